The standard InChI is InChI=1S/C14H19BrN2O2/c1-17(14(18)13-10-16-7-9-19-13)8-6-11-4-2-3-5-12(11)15/h2-5,13,16H,6-10H2,1H3. The summed E-state index contributed by atoms with van der Waals surface area (Å²) in [6.07, 6.45) is 0.502. The molecule has 1 atom stereocenters. The number of hydrogen-bond acceptors (Lipinski definition) is 3. The van der Waals surface area contributed by atoms with Gasteiger partial charge in [0.2, 0.25) is 0 Å². The highest BCUT2D eigenvalue weighted by molar-refractivity contribution is 9.10. The van der Waals surface area contributed by atoms with Gasteiger partial charge in [0.1, 0.15) is 6.10 Å². The number of hydrogen-bond donors (Lipinski definition) is 1. The van der Waals surface area contributed by atoms with Crippen LogP contribution in [0.15, 0.2) is 28.7 Å². The van der Waals surface area contributed by atoms with Crippen molar-refractivity contribution in [3.63, 3.8) is 0 Å². The van der Waals surface area contributed by atoms with Gasteiger partial charge < -0.3 is 15.0 Å². The Morgan fingerprint density at radius 2 is 2.32 bits per heavy atom. The van der Waals surface area contributed by atoms with Gasteiger partial charge in [-0.1, -0.05) is 34.1 Å². The van der Waals surface area contributed by atoms with Crippen molar-refractivity contribution in [1.29, 1.82) is 0 Å². The highest BCUT2D eigenvalue weighted by Crippen LogP contribution is 2.16. The zero-order chi connectivity index (χ0) is 13.7. The molecule has 1 heterocycles. The fourth-order valence-corrected chi connectivity index (χ4v) is 2.55. The van der Waals surface area contributed by atoms with Gasteiger partial charge in [0, 0.05) is 31.2 Å². The molecule has 1 saturated heterocycles. The van der Waals surface area contributed by atoms with Crippen LogP contribution in [-0.2, 0) is 16.0 Å². The molecule has 1 aliphatic rings. The molecule has 1 amide bonds. The van der Waals surface area contributed by atoms with Gasteiger partial charge in [-0.15, -0.1) is 0 Å². The fourth-order valence-electron chi connectivity index (χ4n) is 2.07. The molecule has 0 radical (unpaired) electrons. The van der Waals surface area contributed by atoms with Crippen LogP contribution in [0.3, 0.4) is 0 Å². The molecule has 4 nitrogen and oxygen atoms in total. The van der Waals surface area contributed by atoms with Gasteiger partial charge in [0.05, 0.1) is 6.61 Å². The highest BCUT2D eigenvalue weighted by atomic mass is 79.9. The van der Waals surface area contributed by atoms with Crippen molar-refractivity contribution in [2.75, 3.05) is 33.3 Å². The van der Waals surface area contributed by atoms with Crippen molar-refractivity contribution >= 4 is 21.8 Å². The van der Waals surface area contributed by atoms with E-state index in [2.05, 4.69) is 27.3 Å². The molecular weight excluding hydrogens is 308 g/mol. The Morgan fingerprint density at radius 1 is 1.53 bits per heavy atom. The Morgan fingerprint density at radius 3 is 3.00 bits per heavy atom. The Kier molecular flexibility index (Phi) is 5.36. The van der Waals surface area contributed by atoms with Gasteiger partial charge in [-0.2, -0.15) is 0 Å². The summed E-state index contributed by atoms with van der Waals surface area (Å²) in [4.78, 5) is 13.9. The summed E-state index contributed by atoms with van der Waals surface area (Å²) in [5, 5.41) is 3.17. The van der Waals surface area contributed by atoms with E-state index in [-0.39, 0.29) is 12.0 Å². The van der Waals surface area contributed by atoms with E-state index in [9.17, 15) is 4.79 Å². The number of rotatable bonds is 4. The maximum absolute atomic E-state index is 12.2. The minimum atomic E-state index is -0.335. The lowest BCUT2D eigenvalue weighted by Gasteiger charge is -2.27. The molecular formula is C14H19BrN2O2. The van der Waals surface area contributed by atoms with Crippen molar-refractivity contribution in [1.82, 2.24) is 10.2 Å². The smallest absolute Gasteiger partial charge is 0.252 e. The largest absolute Gasteiger partial charge is 0.366 e. The van der Waals surface area contributed by atoms with Crippen LogP contribution >= 0.6 is 15.9 Å². The number of carbonyl (C=O) groups is 1. The Balaban J connectivity index is 1.85. The third-order valence-electron chi connectivity index (χ3n) is 3.25. The van der Waals surface area contributed by atoms with E-state index in [0.717, 1.165) is 17.4 Å². The maximum Gasteiger partial charge on any atom is 0.252 e. The highest BCUT2D eigenvalue weighted by Gasteiger charge is 2.24. The van der Waals surface area contributed by atoms with Crippen molar-refractivity contribution < 1.29 is 9.53 Å². The molecule has 0 saturated carbocycles. The number of likely N-dealkylation sites (N-methyl/N-ethyl adjacent to an activating group) is 1. The SMILES string of the molecule is CN(CCc1ccccc1Br)C(=O)C1CNCCO1. The normalized spacial score (nSPS) is 19.2. The van der Waals surface area contributed by atoms with E-state index in [1.54, 1.807) is 4.90 Å². The summed E-state index contributed by atoms with van der Waals surface area (Å²) in [5.41, 5.74) is 1.21. The molecule has 19 heavy (non-hydrogen) atoms. The zero-order valence-electron chi connectivity index (χ0n) is 11.1. The molecule has 0 aromatic heterocycles. The van der Waals surface area contributed by atoms with Crippen LogP contribution in [0.25, 0.3) is 0 Å². The van der Waals surface area contributed by atoms with Crippen molar-refractivity contribution in [2.24, 2.45) is 0 Å². The first-order valence-electron chi connectivity index (χ1n) is 6.49. The van der Waals surface area contributed by atoms with E-state index in [1.165, 1.54) is 5.56 Å². The monoisotopic (exact) mass is 326 g/mol. The van der Waals surface area contributed by atoms with Crippen molar-refractivity contribution in [3.8, 4) is 0 Å². The minimum Gasteiger partial charge on any atom is -0.366 e. The second-order valence-electron chi connectivity index (χ2n) is 4.66. The van der Waals surface area contributed by atoms with Gasteiger partial charge in [-0.05, 0) is 18.1 Å². The zero-order valence-corrected chi connectivity index (χ0v) is 12.6. The molecule has 0 spiro atoms. The van der Waals surface area contributed by atoms with E-state index in [1.807, 2.05) is 25.2 Å². The van der Waals surface area contributed by atoms with Crippen LogP contribution in [0.1, 0.15) is 5.56 Å². The quantitative estimate of drug-likeness (QED) is 0.910. The van der Waals surface area contributed by atoms with Crippen molar-refractivity contribution in [2.45, 2.75) is 12.5 Å². The topological polar surface area (TPSA) is 41.6 Å². The van der Waals surface area contributed by atoms with Gasteiger partial charge in [-0.25, -0.2) is 0 Å². The predicted octanol–water partition coefficient (Wildman–Crippen LogP) is 1.44. The summed E-state index contributed by atoms with van der Waals surface area (Å²) in [6.45, 7) is 2.73. The Bertz CT molecular complexity index is 433. The number of morpholine rings is 1. The van der Waals surface area contributed by atoms with Crippen molar-refractivity contribution in [3.05, 3.63) is 34.3 Å². The molecule has 0 bridgehead atoms. The third-order valence-corrected chi connectivity index (χ3v) is 4.03. The first kappa shape index (κ1) is 14.5. The molecule has 104 valence electrons. The minimum absolute atomic E-state index is 0.0549. The van der Waals surface area contributed by atoms with Crippen LogP contribution in [0.4, 0.5) is 0 Å². The Labute approximate surface area is 122 Å². The summed E-state index contributed by atoms with van der Waals surface area (Å²) < 4.78 is 6.56. The molecule has 1 fully saturated rings. The lowest BCUT2D eigenvalue weighted by atomic mass is 10.1. The number of nitrogens with zero attached hydrogens (tertiary/aromatic N) is 1. The van der Waals surface area contributed by atoms with Crippen LogP contribution in [0.5, 0.6) is 0 Å². The molecule has 1 unspecified atom stereocenters. The van der Waals surface area contributed by atoms with E-state index in [4.69, 9.17) is 4.74 Å². The molecule has 1 aromatic carbocycles. The second-order valence-corrected chi connectivity index (χ2v) is 5.52. The fraction of sp³-hybridized carbons (Fsp3) is 0.500. The van der Waals surface area contributed by atoms with Gasteiger partial charge in [0.25, 0.3) is 5.91 Å². The summed E-state index contributed by atoms with van der Waals surface area (Å²) in [5.74, 6) is 0.0549. The van der Waals surface area contributed by atoms with Crippen LogP contribution < -0.4 is 5.32 Å². The number of nitrogens with one attached hydrogen (secondary N) is 1. The number of carbonyl (C=O) groups excluding carboxylic acids is 1. The lowest BCUT2D eigenvalue weighted by molar-refractivity contribution is -0.143. The predicted molar refractivity (Wildman–Crippen MR) is 78.1 cm³/mol. The average Bonchev–Trinajstić information content (AvgIpc) is 2.46. The number of amides is 1. The summed E-state index contributed by atoms with van der Waals surface area (Å²) >= 11 is 3.52. The van der Waals surface area contributed by atoms with E-state index in [0.29, 0.717) is 19.7 Å². The average molecular weight is 327 g/mol. The van der Waals surface area contributed by atoms with Crippen LogP contribution in [0.2, 0.25) is 0 Å². The van der Waals surface area contributed by atoms with Gasteiger partial charge in [-0.3, -0.25) is 4.79 Å². The molecule has 0 aliphatic carbocycles. The molecule has 2 rings (SSSR count). The lowest BCUT2D eigenvalue weighted by Crippen LogP contribution is -2.48. The van der Waals surface area contributed by atoms with Gasteiger partial charge >= 0.3 is 0 Å². The van der Waals surface area contributed by atoms with Gasteiger partial charge in [0.15, 0.2) is 0 Å². The van der Waals surface area contributed by atoms with Crippen LogP contribution in [0, 0.1) is 0 Å². The maximum atomic E-state index is 12.2. The molecule has 1 N–H and O–H groups in total. The summed E-state index contributed by atoms with van der Waals surface area (Å²) in [6, 6.07) is 8.09. The first-order chi connectivity index (χ1) is 9.18. The summed E-state index contributed by atoms with van der Waals surface area (Å²) in [7, 11) is 1.83. The number of halogens is 1. The molecule has 1 aliphatic heterocycles. The third kappa shape index (κ3) is 4.03. The molecule has 5 heteroatoms. The van der Waals surface area contributed by atoms with Crippen LogP contribution in [-0.4, -0.2) is 50.2 Å². The second kappa shape index (κ2) is 7.03. The van der Waals surface area contributed by atoms with E-state index >= 15 is 0 Å². The number of ether oxygens (including phenoxy) is 1. The molecule has 1 aromatic rings. The van der Waals surface area contributed by atoms with E-state index < -0.39 is 0 Å². The number of benzene rings is 1. The first-order valence-corrected chi connectivity index (χ1v) is 7.28. The Hall–Kier alpha value is -0.910.